The molecule has 0 aromatic rings. The van der Waals surface area contributed by atoms with Crippen LogP contribution in [0.2, 0.25) is 0 Å². The Bertz CT molecular complexity index is 88.1. The van der Waals surface area contributed by atoms with E-state index in [0.29, 0.717) is 0 Å². The van der Waals surface area contributed by atoms with Gasteiger partial charge >= 0.3 is 0 Å². The van der Waals surface area contributed by atoms with Crippen LogP contribution in [0.25, 0.3) is 0 Å². The van der Waals surface area contributed by atoms with Gasteiger partial charge in [-0.15, -0.1) is 6.58 Å². The highest BCUT2D eigenvalue weighted by Gasteiger charge is 1.95. The molecule has 2 N–H and O–H groups in total. The summed E-state index contributed by atoms with van der Waals surface area (Å²) in [7, 11) is 0. The van der Waals surface area contributed by atoms with E-state index in [1.807, 2.05) is 0 Å². The van der Waals surface area contributed by atoms with Gasteiger partial charge in [0.05, 0.1) is 4.99 Å². The van der Waals surface area contributed by atoms with Crippen LogP contribution in [0.15, 0.2) is 12.7 Å². The fourth-order valence-electron chi connectivity index (χ4n) is 0.116. The summed E-state index contributed by atoms with van der Waals surface area (Å²) >= 11 is 4.44. The highest BCUT2D eigenvalue weighted by atomic mass is 32.1. The lowest BCUT2D eigenvalue weighted by Gasteiger charge is -1.96. The zero-order chi connectivity index (χ0) is 5.86. The molecule has 0 aliphatic carbocycles. The van der Waals surface area contributed by atoms with Crippen molar-refractivity contribution in [2.24, 2.45) is 11.7 Å². The van der Waals surface area contributed by atoms with Gasteiger partial charge in [0.15, 0.2) is 0 Å². The molecule has 0 spiro atoms. The predicted octanol–water partition coefficient (Wildman–Crippen LogP) is 0.663. The van der Waals surface area contributed by atoms with Crippen molar-refractivity contribution in [1.82, 2.24) is 0 Å². The average Bonchev–Trinajstić information content (AvgIpc) is 1.65. The number of nitrogens with two attached hydrogens (primary N) is 1. The monoisotopic (exact) mass is 112 g/mol. The summed E-state index contributed by atoms with van der Waals surface area (Å²) in [6.07, 6.45) is 1.39. The minimum Gasteiger partial charge on any atom is -0.393 e. The second kappa shape index (κ2) is 2.75. The van der Waals surface area contributed by atoms with E-state index in [2.05, 4.69) is 18.8 Å². The number of hydrogen-bond donors (Lipinski definition) is 1. The van der Waals surface area contributed by atoms with Gasteiger partial charge in [-0.1, -0.05) is 18.3 Å². The third-order valence-corrected chi connectivity index (χ3v) is 0.796. The summed E-state index contributed by atoms with van der Waals surface area (Å²) in [5.41, 5.74) is 5.02. The van der Waals surface area contributed by atoms with Gasteiger partial charge in [-0.25, -0.2) is 0 Å². The third-order valence-electron chi connectivity index (χ3n) is 0.542. The molecular formula is C5H6NS. The molecule has 0 rings (SSSR count). The van der Waals surface area contributed by atoms with E-state index in [1.54, 1.807) is 0 Å². The third kappa shape index (κ3) is 2.34. The normalized spacial score (nSPS) is 12.7. The maximum atomic E-state index is 6.89. The maximum absolute atomic E-state index is 6.89. The Hall–Kier alpha value is -0.370. The molecule has 1 unspecified atom stereocenters. The molecule has 0 amide bonds. The highest BCUT2D eigenvalue weighted by molar-refractivity contribution is 7.80. The van der Waals surface area contributed by atoms with E-state index in [9.17, 15) is 0 Å². The molecule has 0 aromatic heterocycles. The van der Waals surface area contributed by atoms with Crippen LogP contribution in [0.1, 0.15) is 0 Å². The maximum Gasteiger partial charge on any atom is 0.0803 e. The van der Waals surface area contributed by atoms with Crippen LogP contribution in [0.3, 0.4) is 0 Å². The molecule has 0 aliphatic heterocycles. The van der Waals surface area contributed by atoms with Crippen LogP contribution in [0, 0.1) is 12.8 Å². The Balaban J connectivity index is 3.55. The quantitative estimate of drug-likeness (QED) is 0.419. The lowest BCUT2D eigenvalue weighted by atomic mass is 10.2. The lowest BCUT2D eigenvalue weighted by Crippen LogP contribution is -2.15. The average molecular weight is 112 g/mol. The first-order valence-electron chi connectivity index (χ1n) is 1.81. The summed E-state index contributed by atoms with van der Waals surface area (Å²) in [6.45, 7) is 10.2. The summed E-state index contributed by atoms with van der Waals surface area (Å²) in [5.74, 6) is -0.574. The predicted molar refractivity (Wildman–Crippen MR) is 33.7 cm³/mol. The van der Waals surface area contributed by atoms with Crippen molar-refractivity contribution in [2.45, 2.75) is 0 Å². The van der Waals surface area contributed by atoms with Gasteiger partial charge in [-0.05, 0) is 0 Å². The molecule has 37 valence electrons. The van der Waals surface area contributed by atoms with Crippen LogP contribution in [0.5, 0.6) is 0 Å². The SMILES string of the molecule is [C]C(C=C)C(N)=S. The van der Waals surface area contributed by atoms with Gasteiger partial charge in [0.25, 0.3) is 0 Å². The van der Waals surface area contributed by atoms with Gasteiger partial charge in [0, 0.05) is 12.8 Å². The molecule has 0 saturated carbocycles. The van der Waals surface area contributed by atoms with Gasteiger partial charge in [-0.3, -0.25) is 0 Å². The van der Waals surface area contributed by atoms with Crippen LogP contribution in [-0.2, 0) is 0 Å². The van der Waals surface area contributed by atoms with E-state index in [-0.39, 0.29) is 4.99 Å². The second-order valence-corrected chi connectivity index (χ2v) is 1.59. The molecule has 0 heterocycles. The first-order valence-corrected chi connectivity index (χ1v) is 2.22. The van der Waals surface area contributed by atoms with Crippen LogP contribution >= 0.6 is 12.2 Å². The molecule has 0 fully saturated rings. The molecule has 1 atom stereocenters. The Labute approximate surface area is 49.2 Å². The molecule has 0 saturated heterocycles. The van der Waals surface area contributed by atoms with Gasteiger partial charge < -0.3 is 5.73 Å². The first kappa shape index (κ1) is 6.63. The van der Waals surface area contributed by atoms with Crippen molar-refractivity contribution in [1.29, 1.82) is 0 Å². The molecule has 1 nitrogen and oxygen atoms in total. The van der Waals surface area contributed by atoms with Gasteiger partial charge in [0.1, 0.15) is 0 Å². The largest absolute Gasteiger partial charge is 0.393 e. The van der Waals surface area contributed by atoms with Crippen molar-refractivity contribution < 1.29 is 0 Å². The number of hydrogen-bond acceptors (Lipinski definition) is 1. The van der Waals surface area contributed by atoms with E-state index in [4.69, 9.17) is 12.7 Å². The van der Waals surface area contributed by atoms with Crippen molar-refractivity contribution >= 4 is 17.2 Å². The van der Waals surface area contributed by atoms with Crippen LogP contribution < -0.4 is 5.73 Å². The highest BCUT2D eigenvalue weighted by Crippen LogP contribution is 1.92. The molecule has 0 aromatic carbocycles. The molecule has 3 radical (unpaired) electrons. The van der Waals surface area contributed by atoms with Gasteiger partial charge in [-0.2, -0.15) is 0 Å². The number of rotatable bonds is 2. The topological polar surface area (TPSA) is 26.0 Å². The van der Waals surface area contributed by atoms with Crippen LogP contribution in [0.4, 0.5) is 0 Å². The Morgan fingerprint density at radius 1 is 2.00 bits per heavy atom. The Kier molecular flexibility index (Phi) is 2.60. The van der Waals surface area contributed by atoms with E-state index in [0.717, 1.165) is 0 Å². The van der Waals surface area contributed by atoms with Crippen molar-refractivity contribution in [2.75, 3.05) is 0 Å². The summed E-state index contributed by atoms with van der Waals surface area (Å²) in [4.78, 5) is 0.176. The molecule has 0 aliphatic rings. The fourth-order valence-corrected chi connectivity index (χ4v) is 0.212. The minimum absolute atomic E-state index is 0.176. The summed E-state index contributed by atoms with van der Waals surface area (Å²) in [5, 5.41) is 0. The zero-order valence-corrected chi connectivity index (χ0v) is 4.66. The molecule has 0 bridgehead atoms. The standard InChI is InChI=1S/C5H6NS/c1-3-4(2)5(6)7/h3-4H,1H2,(H2,6,7). The summed E-state index contributed by atoms with van der Waals surface area (Å²) in [6, 6.07) is 0. The molecular weight excluding hydrogens is 106 g/mol. The van der Waals surface area contributed by atoms with Crippen molar-refractivity contribution in [3.8, 4) is 0 Å². The van der Waals surface area contributed by atoms with E-state index < -0.39 is 5.92 Å². The first-order chi connectivity index (χ1) is 3.18. The fraction of sp³-hybridized carbons (Fsp3) is 0.200. The van der Waals surface area contributed by atoms with E-state index in [1.165, 1.54) is 6.08 Å². The Morgan fingerprint density at radius 3 is 2.43 bits per heavy atom. The summed E-state index contributed by atoms with van der Waals surface area (Å²) < 4.78 is 0. The lowest BCUT2D eigenvalue weighted by molar-refractivity contribution is 1.15. The smallest absolute Gasteiger partial charge is 0.0803 e. The van der Waals surface area contributed by atoms with E-state index >= 15 is 0 Å². The number of thiocarbonyl (C=S) groups is 1. The van der Waals surface area contributed by atoms with Crippen LogP contribution in [-0.4, -0.2) is 4.99 Å². The van der Waals surface area contributed by atoms with Crippen molar-refractivity contribution in [3.05, 3.63) is 19.6 Å². The molecule has 2 heteroatoms. The van der Waals surface area contributed by atoms with Crippen molar-refractivity contribution in [3.63, 3.8) is 0 Å². The van der Waals surface area contributed by atoms with Gasteiger partial charge in [0.2, 0.25) is 0 Å². The second-order valence-electron chi connectivity index (χ2n) is 1.12. The Morgan fingerprint density at radius 2 is 2.43 bits per heavy atom. The zero-order valence-electron chi connectivity index (χ0n) is 3.85. The minimum atomic E-state index is -0.574. The molecule has 7 heavy (non-hydrogen) atoms.